The van der Waals surface area contributed by atoms with Crippen molar-refractivity contribution in [2.75, 3.05) is 32.7 Å². The number of halogens is 1. The molecule has 4 nitrogen and oxygen atoms in total. The average molecular weight is 436 g/mol. The summed E-state index contributed by atoms with van der Waals surface area (Å²) in [7, 11) is 0. The summed E-state index contributed by atoms with van der Waals surface area (Å²) in [6.07, 6.45) is 8.06. The van der Waals surface area contributed by atoms with Crippen molar-refractivity contribution in [3.8, 4) is 0 Å². The monoisotopic (exact) mass is 436 g/mol. The fourth-order valence-corrected chi connectivity index (χ4v) is 3.23. The first-order valence-electron chi connectivity index (χ1n) is 9.45. The Morgan fingerprint density at radius 1 is 1.17 bits per heavy atom. The molecule has 1 atom stereocenters. The average Bonchev–Trinajstić information content (AvgIpc) is 3.23. The Morgan fingerprint density at radius 3 is 2.61 bits per heavy atom. The normalized spacial score (nSPS) is 22.3. The van der Waals surface area contributed by atoms with Crippen LogP contribution in [0.5, 0.6) is 0 Å². The number of rotatable bonds is 9. The Labute approximate surface area is 160 Å². The van der Waals surface area contributed by atoms with Crippen LogP contribution in [0.4, 0.5) is 0 Å². The van der Waals surface area contributed by atoms with Gasteiger partial charge in [0.05, 0.1) is 0 Å². The van der Waals surface area contributed by atoms with Gasteiger partial charge < -0.3 is 15.5 Å². The van der Waals surface area contributed by atoms with Gasteiger partial charge in [-0.3, -0.25) is 4.99 Å². The minimum absolute atomic E-state index is 0. The molecule has 1 aliphatic carbocycles. The molecule has 0 radical (unpaired) electrons. The molecular formula is C18H37IN4. The van der Waals surface area contributed by atoms with Crippen LogP contribution in [0.15, 0.2) is 4.99 Å². The lowest BCUT2D eigenvalue weighted by Crippen LogP contribution is -2.38. The Bertz CT molecular complexity index is 342. The van der Waals surface area contributed by atoms with Crippen LogP contribution < -0.4 is 10.6 Å². The second-order valence-corrected chi connectivity index (χ2v) is 7.42. The maximum atomic E-state index is 4.81. The zero-order valence-corrected chi connectivity index (χ0v) is 17.6. The van der Waals surface area contributed by atoms with Gasteiger partial charge in [-0.25, -0.2) is 0 Å². The summed E-state index contributed by atoms with van der Waals surface area (Å²) in [5.41, 5.74) is 0. The van der Waals surface area contributed by atoms with Crippen molar-refractivity contribution in [1.82, 2.24) is 15.5 Å². The first-order valence-corrected chi connectivity index (χ1v) is 9.45. The smallest absolute Gasteiger partial charge is 0.191 e. The van der Waals surface area contributed by atoms with Crippen LogP contribution in [0.3, 0.4) is 0 Å². The lowest BCUT2D eigenvalue weighted by molar-refractivity contribution is 0.315. The number of hydrogen-bond donors (Lipinski definition) is 2. The molecule has 0 aromatic carbocycles. The van der Waals surface area contributed by atoms with Crippen LogP contribution in [0.2, 0.25) is 0 Å². The Balaban J connectivity index is 0.00000264. The van der Waals surface area contributed by atoms with Crippen LogP contribution in [0.1, 0.15) is 59.3 Å². The first-order chi connectivity index (χ1) is 10.7. The van der Waals surface area contributed by atoms with E-state index in [1.807, 2.05) is 0 Å². The predicted octanol–water partition coefficient (Wildman–Crippen LogP) is 3.47. The number of guanidine groups is 1. The molecule has 2 aliphatic rings. The number of nitrogens with one attached hydrogen (secondary N) is 2. The van der Waals surface area contributed by atoms with Gasteiger partial charge in [-0.1, -0.05) is 26.7 Å². The molecule has 2 fully saturated rings. The van der Waals surface area contributed by atoms with Crippen molar-refractivity contribution in [3.05, 3.63) is 0 Å². The van der Waals surface area contributed by atoms with E-state index in [9.17, 15) is 0 Å². The summed E-state index contributed by atoms with van der Waals surface area (Å²) in [4.78, 5) is 7.48. The highest BCUT2D eigenvalue weighted by Crippen LogP contribution is 2.31. The first kappa shape index (κ1) is 21.0. The third kappa shape index (κ3) is 8.57. The zero-order chi connectivity index (χ0) is 15.8. The quantitative estimate of drug-likeness (QED) is 0.252. The molecule has 0 aromatic rings. The highest BCUT2D eigenvalue weighted by Gasteiger charge is 2.34. The van der Waals surface area contributed by atoms with E-state index < -0.39 is 0 Å². The van der Waals surface area contributed by atoms with E-state index in [1.165, 1.54) is 51.6 Å². The minimum atomic E-state index is 0. The van der Waals surface area contributed by atoms with Gasteiger partial charge in [-0.05, 0) is 51.0 Å². The van der Waals surface area contributed by atoms with E-state index >= 15 is 0 Å². The van der Waals surface area contributed by atoms with Gasteiger partial charge in [-0.2, -0.15) is 0 Å². The molecule has 136 valence electrons. The molecule has 0 spiro atoms. The van der Waals surface area contributed by atoms with Crippen LogP contribution in [-0.2, 0) is 0 Å². The van der Waals surface area contributed by atoms with Crippen LogP contribution in [-0.4, -0.2) is 49.6 Å². The SMILES string of the molecule is CCNC(=NCC1CCN(C2CC2)C1)NCCCCC(C)C.I. The van der Waals surface area contributed by atoms with Gasteiger partial charge in [0.25, 0.3) is 0 Å². The number of nitrogens with zero attached hydrogens (tertiary/aromatic N) is 2. The molecule has 1 aliphatic heterocycles. The molecule has 5 heteroatoms. The summed E-state index contributed by atoms with van der Waals surface area (Å²) in [5, 5.41) is 6.87. The van der Waals surface area contributed by atoms with Crippen molar-refractivity contribution in [3.63, 3.8) is 0 Å². The number of hydrogen-bond acceptors (Lipinski definition) is 2. The van der Waals surface area contributed by atoms with Crippen LogP contribution in [0.25, 0.3) is 0 Å². The minimum Gasteiger partial charge on any atom is -0.357 e. The van der Waals surface area contributed by atoms with Crippen LogP contribution in [0, 0.1) is 11.8 Å². The molecule has 1 heterocycles. The van der Waals surface area contributed by atoms with Crippen LogP contribution >= 0.6 is 24.0 Å². The van der Waals surface area contributed by atoms with E-state index in [-0.39, 0.29) is 24.0 Å². The summed E-state index contributed by atoms with van der Waals surface area (Å²) in [6, 6.07) is 0.918. The maximum Gasteiger partial charge on any atom is 0.191 e. The van der Waals surface area contributed by atoms with E-state index in [0.717, 1.165) is 43.5 Å². The summed E-state index contributed by atoms with van der Waals surface area (Å²) < 4.78 is 0. The molecule has 1 saturated carbocycles. The Morgan fingerprint density at radius 2 is 1.96 bits per heavy atom. The fraction of sp³-hybridized carbons (Fsp3) is 0.944. The predicted molar refractivity (Wildman–Crippen MR) is 111 cm³/mol. The van der Waals surface area contributed by atoms with Gasteiger partial charge in [0, 0.05) is 32.2 Å². The third-order valence-corrected chi connectivity index (χ3v) is 4.73. The Kier molecular flexibility index (Phi) is 10.5. The van der Waals surface area contributed by atoms with Crippen molar-refractivity contribution >= 4 is 29.9 Å². The number of unbranched alkanes of at least 4 members (excludes halogenated alkanes) is 1. The topological polar surface area (TPSA) is 39.7 Å². The number of aliphatic imine (C=N–C) groups is 1. The second kappa shape index (κ2) is 11.5. The van der Waals surface area contributed by atoms with Crippen molar-refractivity contribution < 1.29 is 0 Å². The molecule has 2 rings (SSSR count). The third-order valence-electron chi connectivity index (χ3n) is 4.73. The lowest BCUT2D eigenvalue weighted by atomic mass is 10.1. The molecule has 0 bridgehead atoms. The van der Waals surface area contributed by atoms with Crippen molar-refractivity contribution in [2.24, 2.45) is 16.8 Å². The zero-order valence-electron chi connectivity index (χ0n) is 15.3. The van der Waals surface area contributed by atoms with Gasteiger partial charge in [0.2, 0.25) is 0 Å². The lowest BCUT2D eigenvalue weighted by Gasteiger charge is -2.15. The molecule has 0 aromatic heterocycles. The Hall–Kier alpha value is -0.0400. The highest BCUT2D eigenvalue weighted by molar-refractivity contribution is 14.0. The van der Waals surface area contributed by atoms with Gasteiger partial charge in [0.1, 0.15) is 0 Å². The molecule has 2 N–H and O–H groups in total. The van der Waals surface area contributed by atoms with Gasteiger partial charge >= 0.3 is 0 Å². The highest BCUT2D eigenvalue weighted by atomic mass is 127. The van der Waals surface area contributed by atoms with E-state index in [4.69, 9.17) is 4.99 Å². The molecular weight excluding hydrogens is 399 g/mol. The maximum absolute atomic E-state index is 4.81. The molecule has 1 saturated heterocycles. The molecule has 23 heavy (non-hydrogen) atoms. The van der Waals surface area contributed by atoms with E-state index in [2.05, 4.69) is 36.3 Å². The number of likely N-dealkylation sites (tertiary alicyclic amines) is 1. The summed E-state index contributed by atoms with van der Waals surface area (Å²) >= 11 is 0. The van der Waals surface area contributed by atoms with Crippen molar-refractivity contribution in [1.29, 1.82) is 0 Å². The summed E-state index contributed by atoms with van der Waals surface area (Å²) in [5.74, 6) is 2.59. The fourth-order valence-electron chi connectivity index (χ4n) is 3.23. The largest absolute Gasteiger partial charge is 0.357 e. The van der Waals surface area contributed by atoms with E-state index in [1.54, 1.807) is 0 Å². The second-order valence-electron chi connectivity index (χ2n) is 7.42. The van der Waals surface area contributed by atoms with E-state index in [0.29, 0.717) is 0 Å². The standard InChI is InChI=1S/C18H36N4.HI/c1-4-19-18(20-11-6-5-7-15(2)3)21-13-16-10-12-22(14-16)17-8-9-17;/h15-17H,4-14H2,1-3H3,(H2,19,20,21);1H. The van der Waals surface area contributed by atoms with Gasteiger partial charge in [-0.15, -0.1) is 24.0 Å². The summed E-state index contributed by atoms with van der Waals surface area (Å²) in [6.45, 7) is 12.3. The molecule has 0 amide bonds. The van der Waals surface area contributed by atoms with Gasteiger partial charge in [0.15, 0.2) is 5.96 Å². The van der Waals surface area contributed by atoms with Crippen molar-refractivity contribution in [2.45, 2.75) is 65.3 Å². The molecule has 1 unspecified atom stereocenters.